The standard InChI is InChI=1S/C15H15N/c1-3-11-9-12(10-16)14-7-5-6-8-15(14)13(11)4-2/h3,5-8,12H,1,4,9H2,2H3/t12-/m0/s1. The fraction of sp³-hybridized carbons (Fsp3) is 0.267. The predicted molar refractivity (Wildman–Crippen MR) is 66.8 cm³/mol. The molecular weight excluding hydrogens is 194 g/mol. The van der Waals surface area contributed by atoms with E-state index in [1.54, 1.807) is 0 Å². The van der Waals surface area contributed by atoms with Crippen LogP contribution in [0.4, 0.5) is 0 Å². The van der Waals surface area contributed by atoms with Crippen LogP contribution in [0.2, 0.25) is 0 Å². The van der Waals surface area contributed by atoms with Gasteiger partial charge in [0.2, 0.25) is 0 Å². The van der Waals surface area contributed by atoms with Crippen molar-refractivity contribution in [3.05, 3.63) is 53.6 Å². The van der Waals surface area contributed by atoms with E-state index < -0.39 is 0 Å². The average Bonchev–Trinajstić information content (AvgIpc) is 2.36. The van der Waals surface area contributed by atoms with Crippen molar-refractivity contribution in [1.29, 1.82) is 5.26 Å². The first-order valence-corrected chi connectivity index (χ1v) is 5.65. The van der Waals surface area contributed by atoms with E-state index in [0.717, 1.165) is 12.8 Å². The molecule has 0 fully saturated rings. The van der Waals surface area contributed by atoms with Crippen molar-refractivity contribution >= 4 is 5.57 Å². The van der Waals surface area contributed by atoms with Crippen LogP contribution in [-0.4, -0.2) is 0 Å². The summed E-state index contributed by atoms with van der Waals surface area (Å²) in [6.07, 6.45) is 3.70. The SMILES string of the molecule is C=CC1=C(CC)c2ccccc2[C@H](C#N)C1. The number of allylic oxidation sites excluding steroid dienone is 3. The van der Waals surface area contributed by atoms with E-state index in [-0.39, 0.29) is 5.92 Å². The maximum absolute atomic E-state index is 9.20. The zero-order chi connectivity index (χ0) is 11.5. The Morgan fingerprint density at radius 1 is 1.50 bits per heavy atom. The van der Waals surface area contributed by atoms with E-state index in [1.165, 1.54) is 22.3 Å². The summed E-state index contributed by atoms with van der Waals surface area (Å²) in [6, 6.07) is 10.6. The van der Waals surface area contributed by atoms with E-state index >= 15 is 0 Å². The highest BCUT2D eigenvalue weighted by atomic mass is 14.3. The molecule has 1 heteroatoms. The van der Waals surface area contributed by atoms with Gasteiger partial charge in [-0.15, -0.1) is 0 Å². The molecule has 0 spiro atoms. The van der Waals surface area contributed by atoms with Gasteiger partial charge < -0.3 is 0 Å². The minimum Gasteiger partial charge on any atom is -0.198 e. The van der Waals surface area contributed by atoms with Crippen molar-refractivity contribution < 1.29 is 0 Å². The zero-order valence-corrected chi connectivity index (χ0v) is 9.53. The number of fused-ring (bicyclic) bond motifs is 1. The largest absolute Gasteiger partial charge is 0.198 e. The molecule has 0 aromatic heterocycles. The molecule has 0 amide bonds. The molecule has 0 N–H and O–H groups in total. The van der Waals surface area contributed by atoms with Crippen molar-refractivity contribution in [3.8, 4) is 6.07 Å². The van der Waals surface area contributed by atoms with Crippen LogP contribution in [0.25, 0.3) is 5.57 Å². The first-order chi connectivity index (χ1) is 7.81. The normalized spacial score (nSPS) is 18.9. The molecule has 0 saturated heterocycles. The van der Waals surface area contributed by atoms with Gasteiger partial charge in [0.1, 0.15) is 0 Å². The van der Waals surface area contributed by atoms with E-state index in [2.05, 4.69) is 31.7 Å². The van der Waals surface area contributed by atoms with Gasteiger partial charge in [-0.05, 0) is 35.1 Å². The molecule has 2 rings (SSSR count). The third-order valence-corrected chi connectivity index (χ3v) is 3.23. The molecule has 0 radical (unpaired) electrons. The van der Waals surface area contributed by atoms with Crippen LogP contribution < -0.4 is 0 Å². The summed E-state index contributed by atoms with van der Waals surface area (Å²) in [5.41, 5.74) is 4.98. The number of nitriles is 1. The topological polar surface area (TPSA) is 23.8 Å². The van der Waals surface area contributed by atoms with Crippen LogP contribution >= 0.6 is 0 Å². The van der Waals surface area contributed by atoms with Crippen LogP contribution in [-0.2, 0) is 0 Å². The Labute approximate surface area is 96.7 Å². The molecule has 1 atom stereocenters. The highest BCUT2D eigenvalue weighted by molar-refractivity contribution is 5.76. The minimum atomic E-state index is -0.0144. The monoisotopic (exact) mass is 209 g/mol. The van der Waals surface area contributed by atoms with Gasteiger partial charge in [-0.25, -0.2) is 0 Å². The molecule has 0 aliphatic heterocycles. The van der Waals surface area contributed by atoms with E-state index in [9.17, 15) is 5.26 Å². The van der Waals surface area contributed by atoms with Crippen LogP contribution in [0, 0.1) is 11.3 Å². The lowest BCUT2D eigenvalue weighted by molar-refractivity contribution is 0.828. The lowest BCUT2D eigenvalue weighted by Gasteiger charge is -2.24. The fourth-order valence-corrected chi connectivity index (χ4v) is 2.44. The summed E-state index contributed by atoms with van der Waals surface area (Å²) in [5.74, 6) is -0.0144. The molecule has 80 valence electrons. The highest BCUT2D eigenvalue weighted by Gasteiger charge is 2.23. The Kier molecular flexibility index (Phi) is 2.92. The Morgan fingerprint density at radius 2 is 2.25 bits per heavy atom. The molecule has 16 heavy (non-hydrogen) atoms. The molecule has 1 aromatic carbocycles. The zero-order valence-electron chi connectivity index (χ0n) is 9.53. The number of rotatable bonds is 2. The average molecular weight is 209 g/mol. The number of benzene rings is 1. The third kappa shape index (κ3) is 1.57. The first-order valence-electron chi connectivity index (χ1n) is 5.65. The highest BCUT2D eigenvalue weighted by Crippen LogP contribution is 2.39. The second kappa shape index (κ2) is 4.37. The lowest BCUT2D eigenvalue weighted by Crippen LogP contribution is -2.08. The summed E-state index contributed by atoms with van der Waals surface area (Å²) in [6.45, 7) is 6.01. The van der Waals surface area contributed by atoms with Crippen LogP contribution in [0.5, 0.6) is 0 Å². The van der Waals surface area contributed by atoms with Crippen molar-refractivity contribution in [3.63, 3.8) is 0 Å². The molecular formula is C15H15N. The van der Waals surface area contributed by atoms with Crippen molar-refractivity contribution in [2.45, 2.75) is 25.7 Å². The summed E-state index contributed by atoms with van der Waals surface area (Å²) in [4.78, 5) is 0. The number of hydrogen-bond acceptors (Lipinski definition) is 1. The third-order valence-electron chi connectivity index (χ3n) is 3.23. The molecule has 1 nitrogen and oxygen atoms in total. The second-order valence-corrected chi connectivity index (χ2v) is 4.03. The Hall–Kier alpha value is -1.81. The van der Waals surface area contributed by atoms with Crippen LogP contribution in [0.3, 0.4) is 0 Å². The minimum absolute atomic E-state index is 0.0144. The van der Waals surface area contributed by atoms with Gasteiger partial charge in [0.25, 0.3) is 0 Å². The quantitative estimate of drug-likeness (QED) is 0.721. The number of nitrogens with zero attached hydrogens (tertiary/aromatic N) is 1. The van der Waals surface area contributed by atoms with Gasteiger partial charge in [0.05, 0.1) is 12.0 Å². The molecule has 0 heterocycles. The van der Waals surface area contributed by atoms with Gasteiger partial charge in [-0.2, -0.15) is 5.26 Å². The van der Waals surface area contributed by atoms with Gasteiger partial charge in [-0.3, -0.25) is 0 Å². The number of hydrogen-bond donors (Lipinski definition) is 0. The van der Waals surface area contributed by atoms with Crippen LogP contribution in [0.15, 0.2) is 42.5 Å². The molecule has 0 bridgehead atoms. The molecule has 1 aliphatic rings. The van der Waals surface area contributed by atoms with E-state index in [1.807, 2.05) is 18.2 Å². The molecule has 1 aromatic rings. The van der Waals surface area contributed by atoms with Gasteiger partial charge in [0, 0.05) is 0 Å². The summed E-state index contributed by atoms with van der Waals surface area (Å²) in [5, 5.41) is 9.20. The van der Waals surface area contributed by atoms with Crippen molar-refractivity contribution in [1.82, 2.24) is 0 Å². The molecule has 0 unspecified atom stereocenters. The lowest BCUT2D eigenvalue weighted by atomic mass is 9.78. The second-order valence-electron chi connectivity index (χ2n) is 4.03. The smallest absolute Gasteiger partial charge is 0.0759 e. The summed E-state index contributed by atoms with van der Waals surface area (Å²) in [7, 11) is 0. The van der Waals surface area contributed by atoms with E-state index in [4.69, 9.17) is 0 Å². The summed E-state index contributed by atoms with van der Waals surface area (Å²) < 4.78 is 0. The van der Waals surface area contributed by atoms with Crippen molar-refractivity contribution in [2.75, 3.05) is 0 Å². The Morgan fingerprint density at radius 3 is 2.88 bits per heavy atom. The molecule has 1 aliphatic carbocycles. The summed E-state index contributed by atoms with van der Waals surface area (Å²) >= 11 is 0. The van der Waals surface area contributed by atoms with Crippen LogP contribution in [0.1, 0.15) is 36.8 Å². The Bertz CT molecular complexity index is 488. The Balaban J connectivity index is 2.65. The van der Waals surface area contributed by atoms with Crippen molar-refractivity contribution in [2.24, 2.45) is 0 Å². The van der Waals surface area contributed by atoms with Gasteiger partial charge in [-0.1, -0.05) is 43.8 Å². The molecule has 0 saturated carbocycles. The maximum atomic E-state index is 9.20. The first kappa shape index (κ1) is 10.7. The predicted octanol–water partition coefficient (Wildman–Crippen LogP) is 4.05. The van der Waals surface area contributed by atoms with Gasteiger partial charge in [0.15, 0.2) is 0 Å². The van der Waals surface area contributed by atoms with E-state index in [0.29, 0.717) is 0 Å². The van der Waals surface area contributed by atoms with Gasteiger partial charge >= 0.3 is 0 Å². The fourth-order valence-electron chi connectivity index (χ4n) is 2.44. The maximum Gasteiger partial charge on any atom is 0.0759 e.